The average molecular weight is 218 g/mol. The van der Waals surface area contributed by atoms with Crippen LogP contribution in [0.4, 0.5) is 0 Å². The van der Waals surface area contributed by atoms with Gasteiger partial charge in [-0.1, -0.05) is 23.2 Å². The van der Waals surface area contributed by atoms with Gasteiger partial charge in [0.1, 0.15) is 0 Å². The van der Waals surface area contributed by atoms with E-state index in [1.54, 1.807) is 0 Å². The third kappa shape index (κ3) is 1.61. The molecule has 2 aromatic rings. The van der Waals surface area contributed by atoms with Gasteiger partial charge in [-0.05, 0) is 38.0 Å². The van der Waals surface area contributed by atoms with Crippen LogP contribution in [0.25, 0.3) is 10.9 Å². The summed E-state index contributed by atoms with van der Waals surface area (Å²) in [4.78, 5) is 4.65. The normalized spacial score (nSPS) is 15.9. The number of benzene rings is 1. The third-order valence-electron chi connectivity index (χ3n) is 2.93. The molecule has 0 amide bonds. The molecule has 2 heteroatoms. The summed E-state index contributed by atoms with van der Waals surface area (Å²) in [6, 6.07) is 8.27. The van der Waals surface area contributed by atoms with E-state index in [-0.39, 0.29) is 0 Å². The van der Waals surface area contributed by atoms with E-state index in [4.69, 9.17) is 11.6 Å². The lowest BCUT2D eigenvalue weighted by Crippen LogP contribution is -1.89. The molecule has 0 atom stereocenters. The topological polar surface area (TPSA) is 12.9 Å². The van der Waals surface area contributed by atoms with Gasteiger partial charge in [-0.25, -0.2) is 0 Å². The number of rotatable bonds is 1. The largest absolute Gasteiger partial charge is 0.252 e. The van der Waals surface area contributed by atoms with Gasteiger partial charge in [0, 0.05) is 17.0 Å². The Balaban J connectivity index is 2.26. The number of aromatic nitrogens is 1. The molecule has 0 saturated heterocycles. The Bertz CT molecular complexity index is 529. The van der Waals surface area contributed by atoms with Gasteiger partial charge in [0.05, 0.1) is 10.5 Å². The molecule has 0 radical (unpaired) electrons. The van der Waals surface area contributed by atoms with Crippen LogP contribution in [0, 0.1) is 6.92 Å². The fourth-order valence-electron chi connectivity index (χ4n) is 1.91. The van der Waals surface area contributed by atoms with E-state index < -0.39 is 0 Å². The second-order valence-corrected chi connectivity index (χ2v) is 4.73. The maximum Gasteiger partial charge on any atom is 0.0720 e. The van der Waals surface area contributed by atoms with Gasteiger partial charge in [-0.2, -0.15) is 0 Å². The van der Waals surface area contributed by atoms with Gasteiger partial charge < -0.3 is 0 Å². The summed E-state index contributed by atoms with van der Waals surface area (Å²) >= 11 is 6.27. The first-order valence-corrected chi connectivity index (χ1v) is 5.68. The maximum atomic E-state index is 6.27. The molecular weight excluding hydrogens is 206 g/mol. The minimum atomic E-state index is 0.660. The van der Waals surface area contributed by atoms with Crippen molar-refractivity contribution in [3.8, 4) is 0 Å². The first kappa shape index (κ1) is 9.17. The van der Waals surface area contributed by atoms with Crippen molar-refractivity contribution in [1.29, 1.82) is 0 Å². The van der Waals surface area contributed by atoms with E-state index in [9.17, 15) is 0 Å². The third-order valence-corrected chi connectivity index (χ3v) is 3.24. The van der Waals surface area contributed by atoms with Crippen molar-refractivity contribution in [2.45, 2.75) is 25.7 Å². The molecule has 0 bridgehead atoms. The minimum Gasteiger partial charge on any atom is -0.252 e. The molecule has 1 saturated carbocycles. The van der Waals surface area contributed by atoms with Crippen LogP contribution in [0.15, 0.2) is 24.3 Å². The number of hydrogen-bond acceptors (Lipinski definition) is 1. The number of aryl methyl sites for hydroxylation is 1. The summed E-state index contributed by atoms with van der Waals surface area (Å²) in [6.45, 7) is 2.07. The smallest absolute Gasteiger partial charge is 0.0720 e. The quantitative estimate of drug-likeness (QED) is 0.702. The van der Waals surface area contributed by atoms with Crippen LogP contribution in [0.1, 0.15) is 30.0 Å². The molecule has 0 N–H and O–H groups in total. The highest BCUT2D eigenvalue weighted by Gasteiger charge is 2.25. The van der Waals surface area contributed by atoms with Gasteiger partial charge >= 0.3 is 0 Å². The second-order valence-electron chi connectivity index (χ2n) is 4.32. The summed E-state index contributed by atoms with van der Waals surface area (Å²) in [5.41, 5.74) is 3.41. The number of halogens is 1. The molecule has 1 aromatic heterocycles. The van der Waals surface area contributed by atoms with Crippen LogP contribution in [-0.2, 0) is 0 Å². The maximum absolute atomic E-state index is 6.27. The first-order chi connectivity index (χ1) is 7.24. The predicted octanol–water partition coefficient (Wildman–Crippen LogP) is 4.07. The Morgan fingerprint density at radius 2 is 2.07 bits per heavy atom. The van der Waals surface area contributed by atoms with E-state index in [0.717, 1.165) is 21.6 Å². The monoisotopic (exact) mass is 217 g/mol. The van der Waals surface area contributed by atoms with Crippen molar-refractivity contribution in [3.05, 3.63) is 40.5 Å². The van der Waals surface area contributed by atoms with Crippen molar-refractivity contribution in [2.24, 2.45) is 0 Å². The summed E-state index contributed by atoms with van der Waals surface area (Å²) in [7, 11) is 0. The van der Waals surface area contributed by atoms with E-state index in [0.29, 0.717) is 5.92 Å². The molecule has 1 aliphatic rings. The lowest BCUT2D eigenvalue weighted by atomic mass is 10.1. The fraction of sp³-hybridized carbons (Fsp3) is 0.308. The second kappa shape index (κ2) is 3.21. The first-order valence-electron chi connectivity index (χ1n) is 5.31. The van der Waals surface area contributed by atoms with E-state index in [1.165, 1.54) is 18.4 Å². The van der Waals surface area contributed by atoms with Gasteiger partial charge in [0.15, 0.2) is 0 Å². The zero-order valence-electron chi connectivity index (χ0n) is 8.63. The molecule has 1 aromatic carbocycles. The molecule has 1 fully saturated rings. The van der Waals surface area contributed by atoms with Crippen LogP contribution in [0.5, 0.6) is 0 Å². The molecule has 0 unspecified atom stereocenters. The Morgan fingerprint density at radius 3 is 2.80 bits per heavy atom. The van der Waals surface area contributed by atoms with E-state index in [1.807, 2.05) is 6.07 Å². The molecule has 1 nitrogen and oxygen atoms in total. The molecule has 15 heavy (non-hydrogen) atoms. The zero-order valence-corrected chi connectivity index (χ0v) is 9.38. The number of hydrogen-bond donors (Lipinski definition) is 0. The lowest BCUT2D eigenvalue weighted by Gasteiger charge is -2.04. The van der Waals surface area contributed by atoms with Crippen LogP contribution in [0.2, 0.25) is 5.02 Å². The Kier molecular flexibility index (Phi) is 1.96. The molecular formula is C13H12ClN. The van der Waals surface area contributed by atoms with Crippen LogP contribution < -0.4 is 0 Å². The molecule has 1 aliphatic carbocycles. The van der Waals surface area contributed by atoms with Crippen molar-refractivity contribution >= 4 is 22.5 Å². The number of pyridine rings is 1. The molecule has 0 spiro atoms. The van der Waals surface area contributed by atoms with Crippen molar-refractivity contribution < 1.29 is 0 Å². The predicted molar refractivity (Wildman–Crippen MR) is 63.5 cm³/mol. The van der Waals surface area contributed by atoms with Gasteiger partial charge in [-0.3, -0.25) is 4.98 Å². The molecule has 76 valence electrons. The minimum absolute atomic E-state index is 0.660. The summed E-state index contributed by atoms with van der Waals surface area (Å²) in [5.74, 6) is 0.660. The summed E-state index contributed by atoms with van der Waals surface area (Å²) < 4.78 is 0. The van der Waals surface area contributed by atoms with Crippen molar-refractivity contribution in [2.75, 3.05) is 0 Å². The number of nitrogens with zero attached hydrogens (tertiary/aromatic N) is 1. The molecule has 3 rings (SSSR count). The summed E-state index contributed by atoms with van der Waals surface area (Å²) in [5, 5.41) is 1.91. The average Bonchev–Trinajstić information content (AvgIpc) is 3.02. The summed E-state index contributed by atoms with van der Waals surface area (Å²) in [6.07, 6.45) is 2.53. The van der Waals surface area contributed by atoms with Crippen LogP contribution >= 0.6 is 11.6 Å². The molecule has 0 aliphatic heterocycles. The van der Waals surface area contributed by atoms with Gasteiger partial charge in [0.25, 0.3) is 0 Å². The Morgan fingerprint density at radius 1 is 1.27 bits per heavy atom. The van der Waals surface area contributed by atoms with Gasteiger partial charge in [-0.15, -0.1) is 0 Å². The number of fused-ring (bicyclic) bond motifs is 1. The van der Waals surface area contributed by atoms with Gasteiger partial charge in [0.2, 0.25) is 0 Å². The van der Waals surface area contributed by atoms with E-state index >= 15 is 0 Å². The highest BCUT2D eigenvalue weighted by Crippen LogP contribution is 2.40. The Hall–Kier alpha value is -1.08. The fourth-order valence-corrected chi connectivity index (χ4v) is 2.17. The molecule has 1 heterocycles. The van der Waals surface area contributed by atoms with Crippen molar-refractivity contribution in [1.82, 2.24) is 4.98 Å². The highest BCUT2D eigenvalue weighted by atomic mass is 35.5. The Labute approximate surface area is 94.1 Å². The highest BCUT2D eigenvalue weighted by molar-refractivity contribution is 6.35. The van der Waals surface area contributed by atoms with E-state index in [2.05, 4.69) is 30.1 Å². The lowest BCUT2D eigenvalue weighted by molar-refractivity contribution is 1.04. The van der Waals surface area contributed by atoms with Crippen LogP contribution in [-0.4, -0.2) is 4.98 Å². The zero-order chi connectivity index (χ0) is 10.4. The standard InChI is InChI=1S/C13H12ClN/c1-8-2-5-12-10(6-8)11(14)7-13(15-12)9-3-4-9/h2,5-7,9H,3-4H2,1H3. The SMILES string of the molecule is Cc1ccc2nc(C3CC3)cc(Cl)c2c1. The van der Waals surface area contributed by atoms with Crippen LogP contribution in [0.3, 0.4) is 0 Å². The van der Waals surface area contributed by atoms with Crippen molar-refractivity contribution in [3.63, 3.8) is 0 Å².